The van der Waals surface area contributed by atoms with Gasteiger partial charge in [0.1, 0.15) is 5.82 Å². The van der Waals surface area contributed by atoms with Gasteiger partial charge >= 0.3 is 12.4 Å². The predicted molar refractivity (Wildman–Crippen MR) is 158 cm³/mol. The maximum Gasteiger partial charge on any atom is 0.417 e. The van der Waals surface area contributed by atoms with Crippen molar-refractivity contribution in [3.63, 3.8) is 0 Å². The van der Waals surface area contributed by atoms with Crippen molar-refractivity contribution in [2.24, 2.45) is 5.41 Å². The van der Waals surface area contributed by atoms with Crippen molar-refractivity contribution < 1.29 is 35.9 Å². The first-order chi connectivity index (χ1) is 21.0. The van der Waals surface area contributed by atoms with Gasteiger partial charge in [0.25, 0.3) is 5.91 Å². The zero-order valence-electron chi connectivity index (χ0n) is 24.5. The van der Waals surface area contributed by atoms with E-state index in [1.807, 2.05) is 4.90 Å². The van der Waals surface area contributed by atoms with E-state index in [9.17, 15) is 35.9 Å². The highest BCUT2D eigenvalue weighted by Gasteiger charge is 2.35. The monoisotopic (exact) mass is 629 g/mol. The molecule has 0 aliphatic carbocycles. The summed E-state index contributed by atoms with van der Waals surface area (Å²) in [6.07, 6.45) is -8.40. The fraction of sp³-hybridized carbons (Fsp3) is 0.312. The van der Waals surface area contributed by atoms with Gasteiger partial charge in [-0.15, -0.1) is 0 Å². The second-order valence-electron chi connectivity index (χ2n) is 11.8. The van der Waals surface area contributed by atoms with Gasteiger partial charge in [-0.1, -0.05) is 39.0 Å². The Bertz CT molecular complexity index is 1760. The summed E-state index contributed by atoms with van der Waals surface area (Å²) in [6.45, 7) is 6.44. The molecule has 1 aromatic heterocycles. The minimum absolute atomic E-state index is 0.0760. The van der Waals surface area contributed by atoms with Gasteiger partial charge in [-0.25, -0.2) is 9.97 Å². The number of nitrogens with zero attached hydrogens (tertiary/aromatic N) is 3. The van der Waals surface area contributed by atoms with E-state index in [-0.39, 0.29) is 24.0 Å². The van der Waals surface area contributed by atoms with Gasteiger partial charge in [0.2, 0.25) is 5.91 Å². The third kappa shape index (κ3) is 7.02. The van der Waals surface area contributed by atoms with Crippen molar-refractivity contribution in [1.82, 2.24) is 15.3 Å². The summed E-state index contributed by atoms with van der Waals surface area (Å²) in [5.74, 6) is -0.611. The van der Waals surface area contributed by atoms with Crippen molar-refractivity contribution >= 4 is 34.2 Å². The lowest BCUT2D eigenvalue weighted by Gasteiger charge is -2.33. The summed E-state index contributed by atoms with van der Waals surface area (Å²) in [4.78, 5) is 36.6. The van der Waals surface area contributed by atoms with Crippen molar-refractivity contribution in [3.05, 3.63) is 82.9 Å². The summed E-state index contributed by atoms with van der Waals surface area (Å²) < 4.78 is 80.9. The molecule has 7 nitrogen and oxygen atoms in total. The van der Waals surface area contributed by atoms with Crippen molar-refractivity contribution in [1.29, 1.82) is 0 Å². The Labute approximate surface area is 254 Å². The number of alkyl halides is 6. The van der Waals surface area contributed by atoms with Crippen molar-refractivity contribution in [2.75, 3.05) is 23.3 Å². The van der Waals surface area contributed by atoms with Gasteiger partial charge in [-0.2, -0.15) is 26.3 Å². The molecular formula is C32H29F6N5O2. The number of hydrogen-bond donors (Lipinski definition) is 2. The topological polar surface area (TPSA) is 87.2 Å². The zero-order valence-corrected chi connectivity index (χ0v) is 24.5. The first kappa shape index (κ1) is 31.7. The summed E-state index contributed by atoms with van der Waals surface area (Å²) in [7, 11) is 0. The molecule has 0 atom stereocenters. The van der Waals surface area contributed by atoms with Gasteiger partial charge in [0.15, 0.2) is 5.82 Å². The molecule has 0 radical (unpaired) electrons. The molecule has 0 unspecified atom stereocenters. The number of fused-ring (bicyclic) bond motifs is 1. The molecule has 0 bridgehead atoms. The summed E-state index contributed by atoms with van der Waals surface area (Å²) >= 11 is 0. The van der Waals surface area contributed by atoms with Crippen LogP contribution in [-0.4, -0.2) is 34.9 Å². The van der Waals surface area contributed by atoms with Crippen LogP contribution < -0.4 is 15.5 Å². The predicted octanol–water partition coefficient (Wildman–Crippen LogP) is 7.46. The van der Waals surface area contributed by atoms with E-state index in [0.29, 0.717) is 40.9 Å². The van der Waals surface area contributed by atoms with Gasteiger partial charge in [0, 0.05) is 41.7 Å². The Kier molecular flexibility index (Phi) is 8.23. The average Bonchev–Trinajstić information content (AvgIpc) is 2.93. The molecule has 2 amide bonds. The Morgan fingerprint density at radius 1 is 0.844 bits per heavy atom. The van der Waals surface area contributed by atoms with E-state index in [4.69, 9.17) is 0 Å². The van der Waals surface area contributed by atoms with Crippen LogP contribution in [0, 0.1) is 5.41 Å². The number of benzene rings is 3. The maximum absolute atomic E-state index is 13.9. The third-order valence-corrected chi connectivity index (χ3v) is 7.33. The molecule has 1 saturated heterocycles. The van der Waals surface area contributed by atoms with Crippen LogP contribution in [0.25, 0.3) is 22.3 Å². The Morgan fingerprint density at radius 2 is 1.53 bits per heavy atom. The largest absolute Gasteiger partial charge is 0.417 e. The molecule has 4 aromatic rings. The lowest BCUT2D eigenvalue weighted by atomic mass is 9.95. The molecule has 0 spiro atoms. The van der Waals surface area contributed by atoms with E-state index < -0.39 is 40.4 Å². The number of amides is 2. The lowest BCUT2D eigenvalue weighted by Crippen LogP contribution is -2.37. The third-order valence-electron chi connectivity index (χ3n) is 7.33. The highest BCUT2D eigenvalue weighted by Crippen LogP contribution is 2.35. The van der Waals surface area contributed by atoms with Crippen molar-refractivity contribution in [3.8, 4) is 11.4 Å². The Balaban J connectivity index is 1.48. The highest BCUT2D eigenvalue weighted by atomic mass is 19.4. The molecule has 45 heavy (non-hydrogen) atoms. The van der Waals surface area contributed by atoms with E-state index >= 15 is 0 Å². The van der Waals surface area contributed by atoms with Crippen LogP contribution >= 0.6 is 0 Å². The molecule has 1 aliphatic rings. The summed E-state index contributed by atoms with van der Waals surface area (Å²) in [5.41, 5.74) is -2.16. The summed E-state index contributed by atoms with van der Waals surface area (Å²) in [6, 6.07) is 12.1. The van der Waals surface area contributed by atoms with Crippen molar-refractivity contribution in [2.45, 2.75) is 46.1 Å². The number of carbonyl (C=O) groups is 2. The number of hydrogen-bond acceptors (Lipinski definition) is 5. The first-order valence-electron chi connectivity index (χ1n) is 14.0. The molecular weight excluding hydrogens is 600 g/mol. The smallest absolute Gasteiger partial charge is 0.356 e. The molecule has 1 aliphatic heterocycles. The molecule has 2 N–H and O–H groups in total. The Morgan fingerprint density at radius 3 is 2.11 bits per heavy atom. The molecule has 236 valence electrons. The standard InChI is InChI=1S/C32H29F6N5O2/c1-30(2,3)29(45)39-17-18-5-12-24(32(36,37)38)23(15-18)28(44)40-21-10-11-22-25(16-21)41-26(42-27(22)43-13-4-14-43)19-6-8-20(9-7-19)31(33,34)35/h5-12,15-16H,4,13-14,17H2,1-3H3,(H,39,45)(H,40,44). The fourth-order valence-corrected chi connectivity index (χ4v) is 4.68. The number of halogens is 6. The van der Waals surface area contributed by atoms with Crippen LogP contribution in [0.5, 0.6) is 0 Å². The second-order valence-corrected chi connectivity index (χ2v) is 11.8. The van der Waals surface area contributed by atoms with E-state index in [2.05, 4.69) is 20.6 Å². The van der Waals surface area contributed by atoms with Gasteiger partial charge in [0.05, 0.1) is 22.2 Å². The fourth-order valence-electron chi connectivity index (χ4n) is 4.68. The molecule has 5 rings (SSSR count). The summed E-state index contributed by atoms with van der Waals surface area (Å²) in [5, 5.41) is 5.78. The maximum atomic E-state index is 13.9. The normalized spacial score (nSPS) is 13.8. The van der Waals surface area contributed by atoms with E-state index in [0.717, 1.165) is 30.7 Å². The number of anilines is 2. The average molecular weight is 630 g/mol. The molecule has 3 aromatic carbocycles. The highest BCUT2D eigenvalue weighted by molar-refractivity contribution is 6.06. The van der Waals surface area contributed by atoms with Crippen LogP contribution in [0.4, 0.5) is 37.8 Å². The number of carbonyl (C=O) groups excluding carboxylic acids is 2. The molecule has 1 fully saturated rings. The van der Waals surface area contributed by atoms with E-state index in [1.54, 1.807) is 26.8 Å². The van der Waals surface area contributed by atoms with Gasteiger partial charge in [-0.05, 0) is 54.4 Å². The van der Waals surface area contributed by atoms with Gasteiger partial charge < -0.3 is 15.5 Å². The number of aromatic nitrogens is 2. The zero-order chi connectivity index (χ0) is 32.7. The minimum Gasteiger partial charge on any atom is -0.356 e. The van der Waals surface area contributed by atoms with Crippen LogP contribution in [0.1, 0.15) is 54.2 Å². The first-order valence-corrected chi connectivity index (χ1v) is 14.0. The molecule has 13 heteroatoms. The van der Waals surface area contributed by atoms with Crippen LogP contribution in [0.2, 0.25) is 0 Å². The number of nitrogens with one attached hydrogen (secondary N) is 2. The quantitative estimate of drug-likeness (QED) is 0.216. The van der Waals surface area contributed by atoms with Gasteiger partial charge in [-0.3, -0.25) is 9.59 Å². The second kappa shape index (κ2) is 11.7. The molecule has 2 heterocycles. The van der Waals surface area contributed by atoms with Crippen LogP contribution in [-0.2, 0) is 23.7 Å². The van der Waals surface area contributed by atoms with Crippen LogP contribution in [0.3, 0.4) is 0 Å². The Hall–Kier alpha value is -4.68. The lowest BCUT2D eigenvalue weighted by molar-refractivity contribution is -0.138. The van der Waals surface area contributed by atoms with E-state index in [1.165, 1.54) is 30.3 Å². The molecule has 0 saturated carbocycles. The minimum atomic E-state index is -4.82. The SMILES string of the molecule is CC(C)(C)C(=O)NCc1ccc(C(F)(F)F)c(C(=O)Nc2ccc3c(N4CCC4)nc(-c4ccc(C(F)(F)F)cc4)nc3c2)c1. The van der Waals surface area contributed by atoms with Crippen LogP contribution in [0.15, 0.2) is 60.7 Å². The number of rotatable bonds is 6.